The third-order valence-corrected chi connectivity index (χ3v) is 5.16. The van der Waals surface area contributed by atoms with E-state index in [1.807, 2.05) is 30.5 Å². The van der Waals surface area contributed by atoms with Crippen molar-refractivity contribution in [2.45, 2.75) is 33.0 Å². The minimum Gasteiger partial charge on any atom is -0.315 e. The molecule has 0 saturated carbocycles. The number of nitrogens with one attached hydrogen (secondary N) is 1. The predicted octanol–water partition coefficient (Wildman–Crippen LogP) is 4.62. The van der Waals surface area contributed by atoms with Gasteiger partial charge in [-0.3, -0.25) is 4.90 Å². The maximum atomic E-state index is 6.09. The summed E-state index contributed by atoms with van der Waals surface area (Å²) in [5, 5.41) is 4.02. The summed E-state index contributed by atoms with van der Waals surface area (Å²) in [5.74, 6) is 0. The van der Waals surface area contributed by atoms with E-state index in [4.69, 9.17) is 11.6 Å². The number of aryl methyl sites for hydroxylation is 1. The molecule has 0 fully saturated rings. The van der Waals surface area contributed by atoms with Crippen LogP contribution >= 0.6 is 22.9 Å². The molecule has 2 rings (SSSR count). The average molecular weight is 323 g/mol. The average Bonchev–Trinajstić information content (AvgIpc) is 2.78. The Kier molecular flexibility index (Phi) is 5.82. The number of thiophene rings is 1. The van der Waals surface area contributed by atoms with Gasteiger partial charge in [0.15, 0.2) is 0 Å². The van der Waals surface area contributed by atoms with Crippen molar-refractivity contribution < 1.29 is 0 Å². The van der Waals surface area contributed by atoms with Crippen LogP contribution in [-0.2, 0) is 13.1 Å². The van der Waals surface area contributed by atoms with Crippen molar-refractivity contribution in [3.63, 3.8) is 0 Å². The summed E-state index contributed by atoms with van der Waals surface area (Å²) in [4.78, 5) is 5.17. The summed E-state index contributed by atoms with van der Waals surface area (Å²) < 4.78 is 0. The van der Waals surface area contributed by atoms with E-state index < -0.39 is 0 Å². The fourth-order valence-corrected chi connectivity index (χ4v) is 3.70. The van der Waals surface area contributed by atoms with Crippen molar-refractivity contribution in [2.75, 3.05) is 14.1 Å². The molecule has 0 spiro atoms. The molecule has 0 bridgehead atoms. The van der Waals surface area contributed by atoms with Gasteiger partial charge < -0.3 is 5.32 Å². The van der Waals surface area contributed by atoms with E-state index in [0.29, 0.717) is 6.04 Å². The van der Waals surface area contributed by atoms with Crippen LogP contribution in [0, 0.1) is 6.92 Å². The SMILES string of the molecule is CNCc1cc(CN(C)C(C)c2cccc(Cl)c2)c(C)s1. The predicted molar refractivity (Wildman–Crippen MR) is 93.2 cm³/mol. The molecule has 1 heterocycles. The molecule has 1 N–H and O–H groups in total. The second kappa shape index (κ2) is 7.41. The Balaban J connectivity index is 2.08. The lowest BCUT2D eigenvalue weighted by Crippen LogP contribution is -2.22. The van der Waals surface area contributed by atoms with Crippen LogP contribution in [0.2, 0.25) is 5.02 Å². The fraction of sp³-hybridized carbons (Fsp3) is 0.412. The Morgan fingerprint density at radius 1 is 1.33 bits per heavy atom. The van der Waals surface area contributed by atoms with E-state index in [1.165, 1.54) is 20.9 Å². The highest BCUT2D eigenvalue weighted by atomic mass is 35.5. The normalized spacial score (nSPS) is 12.9. The lowest BCUT2D eigenvalue weighted by molar-refractivity contribution is 0.253. The van der Waals surface area contributed by atoms with E-state index in [-0.39, 0.29) is 0 Å². The molecular weight excluding hydrogens is 300 g/mol. The van der Waals surface area contributed by atoms with Gasteiger partial charge in [0, 0.05) is 33.9 Å². The highest BCUT2D eigenvalue weighted by Crippen LogP contribution is 2.27. The van der Waals surface area contributed by atoms with Crippen LogP contribution in [0.4, 0.5) is 0 Å². The number of halogens is 1. The molecule has 1 unspecified atom stereocenters. The summed E-state index contributed by atoms with van der Waals surface area (Å²) in [6.07, 6.45) is 0. The molecule has 1 atom stereocenters. The molecule has 4 heteroatoms. The quantitative estimate of drug-likeness (QED) is 0.834. The Labute approximate surface area is 136 Å². The van der Waals surface area contributed by atoms with Crippen LogP contribution in [0.1, 0.15) is 33.8 Å². The first kappa shape index (κ1) is 16.5. The van der Waals surface area contributed by atoms with Gasteiger partial charge in [-0.05, 0) is 57.3 Å². The number of hydrogen-bond donors (Lipinski definition) is 1. The monoisotopic (exact) mass is 322 g/mol. The zero-order chi connectivity index (χ0) is 15.4. The van der Waals surface area contributed by atoms with Crippen LogP contribution in [0.25, 0.3) is 0 Å². The number of nitrogens with zero attached hydrogens (tertiary/aromatic N) is 1. The molecule has 0 amide bonds. The largest absolute Gasteiger partial charge is 0.315 e. The van der Waals surface area contributed by atoms with Crippen LogP contribution in [0.15, 0.2) is 30.3 Å². The summed E-state index contributed by atoms with van der Waals surface area (Å²) in [6.45, 7) is 6.33. The Bertz CT molecular complexity index is 594. The summed E-state index contributed by atoms with van der Waals surface area (Å²) in [5.41, 5.74) is 2.68. The van der Waals surface area contributed by atoms with Gasteiger partial charge in [0.2, 0.25) is 0 Å². The molecule has 0 saturated heterocycles. The molecule has 0 aliphatic rings. The third kappa shape index (κ3) is 4.30. The van der Waals surface area contributed by atoms with Crippen molar-refractivity contribution >= 4 is 22.9 Å². The van der Waals surface area contributed by atoms with E-state index in [2.05, 4.69) is 49.3 Å². The zero-order valence-electron chi connectivity index (χ0n) is 13.1. The molecule has 114 valence electrons. The van der Waals surface area contributed by atoms with Gasteiger partial charge in [0.25, 0.3) is 0 Å². The van der Waals surface area contributed by atoms with Gasteiger partial charge in [-0.25, -0.2) is 0 Å². The summed E-state index contributed by atoms with van der Waals surface area (Å²) in [7, 11) is 4.16. The molecule has 2 nitrogen and oxygen atoms in total. The molecule has 1 aromatic heterocycles. The molecule has 0 radical (unpaired) electrons. The fourth-order valence-electron chi connectivity index (χ4n) is 2.43. The van der Waals surface area contributed by atoms with Gasteiger partial charge >= 0.3 is 0 Å². The molecular formula is C17H23ClN2S. The Morgan fingerprint density at radius 3 is 2.76 bits per heavy atom. The summed E-state index contributed by atoms with van der Waals surface area (Å²) in [6, 6.07) is 10.8. The highest BCUT2D eigenvalue weighted by molar-refractivity contribution is 7.12. The van der Waals surface area contributed by atoms with Crippen LogP contribution in [0.5, 0.6) is 0 Å². The number of rotatable bonds is 6. The smallest absolute Gasteiger partial charge is 0.0409 e. The second-order valence-electron chi connectivity index (χ2n) is 5.47. The minimum absolute atomic E-state index is 0.343. The molecule has 1 aromatic carbocycles. The summed E-state index contributed by atoms with van der Waals surface area (Å²) >= 11 is 7.97. The van der Waals surface area contributed by atoms with Crippen LogP contribution in [-0.4, -0.2) is 19.0 Å². The van der Waals surface area contributed by atoms with Crippen molar-refractivity contribution in [3.8, 4) is 0 Å². The van der Waals surface area contributed by atoms with E-state index in [0.717, 1.165) is 18.1 Å². The minimum atomic E-state index is 0.343. The van der Waals surface area contributed by atoms with Crippen LogP contribution < -0.4 is 5.32 Å². The zero-order valence-corrected chi connectivity index (χ0v) is 14.7. The first-order valence-electron chi connectivity index (χ1n) is 7.19. The second-order valence-corrected chi connectivity index (χ2v) is 7.25. The maximum Gasteiger partial charge on any atom is 0.0409 e. The number of hydrogen-bond acceptors (Lipinski definition) is 3. The molecule has 0 aliphatic heterocycles. The van der Waals surface area contributed by atoms with Crippen molar-refractivity contribution in [3.05, 3.63) is 56.2 Å². The standard InChI is InChI=1S/C17H23ClN2S/c1-12(14-6-5-7-16(18)8-14)20(4)11-15-9-17(10-19-3)21-13(15)2/h5-9,12,19H,10-11H2,1-4H3. The van der Waals surface area contributed by atoms with Crippen molar-refractivity contribution in [2.24, 2.45) is 0 Å². The van der Waals surface area contributed by atoms with E-state index >= 15 is 0 Å². The van der Waals surface area contributed by atoms with Crippen molar-refractivity contribution in [1.29, 1.82) is 0 Å². The Hall–Kier alpha value is -0.870. The maximum absolute atomic E-state index is 6.09. The van der Waals surface area contributed by atoms with E-state index in [1.54, 1.807) is 0 Å². The first-order chi connectivity index (χ1) is 10.0. The Morgan fingerprint density at radius 2 is 2.10 bits per heavy atom. The van der Waals surface area contributed by atoms with Gasteiger partial charge in [0.1, 0.15) is 0 Å². The van der Waals surface area contributed by atoms with Gasteiger partial charge in [-0.1, -0.05) is 23.7 Å². The van der Waals surface area contributed by atoms with Gasteiger partial charge in [-0.2, -0.15) is 0 Å². The first-order valence-corrected chi connectivity index (χ1v) is 8.39. The molecule has 2 aromatic rings. The lowest BCUT2D eigenvalue weighted by Gasteiger charge is -2.25. The van der Waals surface area contributed by atoms with Gasteiger partial charge in [0.05, 0.1) is 0 Å². The number of benzene rings is 1. The topological polar surface area (TPSA) is 15.3 Å². The third-order valence-electron chi connectivity index (χ3n) is 3.83. The van der Waals surface area contributed by atoms with E-state index in [9.17, 15) is 0 Å². The molecule has 21 heavy (non-hydrogen) atoms. The van der Waals surface area contributed by atoms with Crippen molar-refractivity contribution in [1.82, 2.24) is 10.2 Å². The van der Waals surface area contributed by atoms with Gasteiger partial charge in [-0.15, -0.1) is 11.3 Å². The lowest BCUT2D eigenvalue weighted by atomic mass is 10.1. The van der Waals surface area contributed by atoms with Crippen LogP contribution in [0.3, 0.4) is 0 Å². The molecule has 0 aliphatic carbocycles. The highest BCUT2D eigenvalue weighted by Gasteiger charge is 2.14.